The highest BCUT2D eigenvalue weighted by Crippen LogP contribution is 2.29. The van der Waals surface area contributed by atoms with E-state index < -0.39 is 16.8 Å². The summed E-state index contributed by atoms with van der Waals surface area (Å²) < 4.78 is 37.0. The molecule has 0 aliphatic carbocycles. The van der Waals surface area contributed by atoms with Crippen LogP contribution >= 0.6 is 45.9 Å². The van der Waals surface area contributed by atoms with Crippen molar-refractivity contribution >= 4 is 50.1 Å². The molecule has 0 fully saturated rings. The van der Waals surface area contributed by atoms with Gasteiger partial charge in [-0.15, -0.1) is 0 Å². The van der Waals surface area contributed by atoms with Crippen molar-refractivity contribution in [1.82, 2.24) is 0 Å². The number of halogens is 6. The van der Waals surface area contributed by atoms with Crippen molar-refractivity contribution in [3.63, 3.8) is 0 Å². The Kier molecular flexibility index (Phi) is 5.18. The number of alkyl halides is 3. The Balaban J connectivity index is 3.44. The van der Waals surface area contributed by atoms with Crippen LogP contribution in [0.3, 0.4) is 0 Å². The van der Waals surface area contributed by atoms with E-state index in [1.54, 1.807) is 0 Å². The molecule has 0 amide bonds. The maximum absolute atomic E-state index is 11.5. The fourth-order valence-corrected chi connectivity index (χ4v) is 2.07. The van der Waals surface area contributed by atoms with Gasteiger partial charge in [-0.2, -0.15) is 13.2 Å². The predicted octanol–water partition coefficient (Wildman–Crippen LogP) is 3.58. The molecule has 0 aromatic rings. The van der Waals surface area contributed by atoms with E-state index in [1.807, 2.05) is 0 Å². The van der Waals surface area contributed by atoms with Crippen LogP contribution in [0.2, 0.25) is 0 Å². The Bertz CT molecular complexity index is 108. The highest BCUT2D eigenvalue weighted by atomic mass is 80.0. The third-order valence-corrected chi connectivity index (χ3v) is 3.24. The van der Waals surface area contributed by atoms with Gasteiger partial charge in [-0.1, -0.05) is 45.9 Å². The molecule has 0 N–H and O–H groups in total. The summed E-state index contributed by atoms with van der Waals surface area (Å²) in [6.45, 7) is -0.336. The van der Waals surface area contributed by atoms with Crippen LogP contribution in [-0.4, -0.2) is 17.0 Å². The van der Waals surface area contributed by atoms with Crippen LogP contribution < -0.4 is 0 Å². The van der Waals surface area contributed by atoms with Crippen LogP contribution in [0.5, 0.6) is 0 Å². The summed E-state index contributed by atoms with van der Waals surface area (Å²) in [6, 6.07) is 0. The minimum Gasteiger partial charge on any atom is -0.390 e. The van der Waals surface area contributed by atoms with Gasteiger partial charge in [0, 0.05) is 6.61 Å². The lowest BCUT2D eigenvalue weighted by Gasteiger charge is -2.11. The van der Waals surface area contributed by atoms with Crippen molar-refractivity contribution in [1.29, 1.82) is 0 Å². The summed E-state index contributed by atoms with van der Waals surface area (Å²) in [5, 5.41) is 0. The standard InChI is InChI=1S/C3H4Br3F3OSi/c4-11(5,6)10-2-1-3(7,8)9/h1-2H2. The molecular formula is C3H4Br3F3OSi. The van der Waals surface area contributed by atoms with E-state index in [0.717, 1.165) is 0 Å². The molecule has 11 heavy (non-hydrogen) atoms. The lowest BCUT2D eigenvalue weighted by atomic mass is 10.5. The van der Waals surface area contributed by atoms with Gasteiger partial charge >= 0.3 is 10.4 Å². The fourth-order valence-electron chi connectivity index (χ4n) is 0.282. The number of hydrogen-bond donors (Lipinski definition) is 0. The second kappa shape index (κ2) is 4.59. The van der Waals surface area contributed by atoms with E-state index in [1.165, 1.54) is 0 Å². The average molecular weight is 381 g/mol. The fraction of sp³-hybridized carbons (Fsp3) is 1.00. The monoisotopic (exact) mass is 378 g/mol. The minimum absolute atomic E-state index is 0.336. The van der Waals surface area contributed by atoms with Crippen LogP contribution in [0.25, 0.3) is 0 Å². The second-order valence-corrected chi connectivity index (χ2v) is 22.5. The zero-order chi connectivity index (χ0) is 9.12. The van der Waals surface area contributed by atoms with E-state index in [-0.39, 0.29) is 6.61 Å². The van der Waals surface area contributed by atoms with Crippen LogP contribution in [0.1, 0.15) is 6.42 Å². The molecule has 0 heterocycles. The summed E-state index contributed by atoms with van der Waals surface area (Å²) in [7, 11) is 0. The quantitative estimate of drug-likeness (QED) is 0.537. The summed E-state index contributed by atoms with van der Waals surface area (Å²) in [6.07, 6.45) is -5.07. The van der Waals surface area contributed by atoms with E-state index in [9.17, 15) is 13.2 Å². The largest absolute Gasteiger partial charge is 0.409 e. The molecule has 0 saturated heterocycles. The van der Waals surface area contributed by atoms with Gasteiger partial charge in [0.15, 0.2) is 0 Å². The molecule has 0 rings (SSSR count). The Hall–Kier alpha value is 1.41. The summed E-state index contributed by atoms with van der Waals surface area (Å²) in [5.74, 6) is 0. The average Bonchev–Trinajstić information content (AvgIpc) is 1.55. The lowest BCUT2D eigenvalue weighted by molar-refractivity contribution is -0.139. The summed E-state index contributed by atoms with van der Waals surface area (Å²) >= 11 is 9.09. The summed E-state index contributed by atoms with van der Waals surface area (Å²) in [5.41, 5.74) is 0. The molecule has 0 unspecified atom stereocenters. The lowest BCUT2D eigenvalue weighted by Crippen LogP contribution is -2.19. The normalized spacial score (nSPS) is 13.6. The molecular weight excluding hydrogens is 377 g/mol. The van der Waals surface area contributed by atoms with Crippen molar-refractivity contribution in [3.8, 4) is 0 Å². The third-order valence-electron chi connectivity index (χ3n) is 0.651. The molecule has 1 nitrogen and oxygen atoms in total. The first-order valence-electron chi connectivity index (χ1n) is 2.48. The molecule has 0 atom stereocenters. The van der Waals surface area contributed by atoms with E-state index >= 15 is 0 Å². The first kappa shape index (κ1) is 12.4. The molecule has 0 saturated carbocycles. The highest BCUT2D eigenvalue weighted by molar-refractivity contribution is 9.71. The first-order chi connectivity index (χ1) is 4.71. The molecule has 68 valence electrons. The van der Waals surface area contributed by atoms with Crippen molar-refractivity contribution in [2.75, 3.05) is 6.61 Å². The molecule has 0 spiro atoms. The Morgan fingerprint density at radius 3 is 1.91 bits per heavy atom. The SMILES string of the molecule is FC(F)(F)CCO[Si](Br)(Br)Br. The van der Waals surface area contributed by atoms with Crippen molar-refractivity contribution in [2.24, 2.45) is 0 Å². The van der Waals surface area contributed by atoms with Crippen LogP contribution in [0.4, 0.5) is 13.2 Å². The van der Waals surface area contributed by atoms with E-state index in [2.05, 4.69) is 45.9 Å². The Morgan fingerprint density at radius 2 is 1.64 bits per heavy atom. The second-order valence-electron chi connectivity index (χ2n) is 1.66. The van der Waals surface area contributed by atoms with Crippen LogP contribution in [-0.2, 0) is 4.43 Å². The Labute approximate surface area is 86.5 Å². The van der Waals surface area contributed by atoms with Crippen LogP contribution in [0, 0.1) is 0 Å². The van der Waals surface area contributed by atoms with E-state index in [4.69, 9.17) is 4.43 Å². The molecule has 0 bridgehead atoms. The maximum Gasteiger partial charge on any atom is 0.409 e. The molecule has 0 aromatic carbocycles. The van der Waals surface area contributed by atoms with Gasteiger partial charge in [0.2, 0.25) is 0 Å². The molecule has 0 radical (unpaired) electrons. The van der Waals surface area contributed by atoms with Gasteiger partial charge < -0.3 is 4.43 Å². The van der Waals surface area contributed by atoms with Gasteiger partial charge in [0.05, 0.1) is 6.42 Å². The first-order valence-corrected chi connectivity index (χ1v) is 11.2. The van der Waals surface area contributed by atoms with Crippen molar-refractivity contribution in [2.45, 2.75) is 12.6 Å². The highest BCUT2D eigenvalue weighted by Gasteiger charge is 2.30. The predicted molar refractivity (Wildman–Crippen MR) is 49.2 cm³/mol. The zero-order valence-corrected chi connectivity index (χ0v) is 10.8. The van der Waals surface area contributed by atoms with Gasteiger partial charge in [0.1, 0.15) is 0 Å². The zero-order valence-electron chi connectivity index (χ0n) is 5.09. The number of rotatable bonds is 3. The van der Waals surface area contributed by atoms with Gasteiger partial charge in [-0.3, -0.25) is 0 Å². The smallest absolute Gasteiger partial charge is 0.390 e. The Morgan fingerprint density at radius 1 is 1.18 bits per heavy atom. The maximum atomic E-state index is 11.5. The topological polar surface area (TPSA) is 9.23 Å². The van der Waals surface area contributed by atoms with Crippen molar-refractivity contribution < 1.29 is 17.6 Å². The van der Waals surface area contributed by atoms with Gasteiger partial charge in [-0.05, 0) is 0 Å². The number of hydrogen-bond acceptors (Lipinski definition) is 1. The minimum atomic E-state index is -4.15. The molecule has 8 heteroatoms. The van der Waals surface area contributed by atoms with Gasteiger partial charge in [-0.25, -0.2) is 0 Å². The molecule has 0 aromatic heterocycles. The van der Waals surface area contributed by atoms with Crippen molar-refractivity contribution in [3.05, 3.63) is 0 Å². The van der Waals surface area contributed by atoms with Crippen LogP contribution in [0.15, 0.2) is 0 Å². The van der Waals surface area contributed by atoms with E-state index in [0.29, 0.717) is 0 Å². The van der Waals surface area contributed by atoms with Gasteiger partial charge in [0.25, 0.3) is 0 Å². The third kappa shape index (κ3) is 11.4. The molecule has 0 aliphatic heterocycles. The molecule has 0 aliphatic rings. The summed E-state index contributed by atoms with van der Waals surface area (Å²) in [4.78, 5) is 0.